The molecular weight excluding hydrogens is 446 g/mol. The number of amides is 2. The number of hydrogen-bond acceptors (Lipinski definition) is 7. The molecule has 176 valence electrons. The zero-order chi connectivity index (χ0) is 23.8. The average molecular weight is 474 g/mol. The highest BCUT2D eigenvalue weighted by Gasteiger charge is 2.15. The number of benzene rings is 1. The zero-order valence-corrected chi connectivity index (χ0v) is 19.2. The molecule has 5 N–H and O–H groups in total. The number of carbonyl (C=O) groups excluding carboxylic acids is 1. The summed E-state index contributed by atoms with van der Waals surface area (Å²) in [5.74, 6) is 1.28. The van der Waals surface area contributed by atoms with Gasteiger partial charge in [0.05, 0.1) is 43.4 Å². The Balaban J connectivity index is 1.64. The molecule has 0 aliphatic heterocycles. The van der Waals surface area contributed by atoms with Crippen molar-refractivity contribution in [3.63, 3.8) is 0 Å². The van der Waals surface area contributed by atoms with Gasteiger partial charge in [0, 0.05) is 17.3 Å². The molecule has 0 fully saturated rings. The van der Waals surface area contributed by atoms with Crippen LogP contribution in [0.2, 0.25) is 5.02 Å². The molecule has 3 aromatic rings. The van der Waals surface area contributed by atoms with Crippen LogP contribution in [-0.4, -0.2) is 55.2 Å². The Morgan fingerprint density at radius 2 is 2.03 bits per heavy atom. The average Bonchev–Trinajstić information content (AvgIpc) is 3.25. The quantitative estimate of drug-likeness (QED) is 0.305. The zero-order valence-electron chi connectivity index (χ0n) is 18.4. The summed E-state index contributed by atoms with van der Waals surface area (Å²) in [4.78, 5) is 21.1. The second-order valence-corrected chi connectivity index (χ2v) is 8.39. The van der Waals surface area contributed by atoms with E-state index in [9.17, 15) is 15.0 Å². The van der Waals surface area contributed by atoms with Gasteiger partial charge in [-0.25, -0.2) is 14.5 Å². The maximum atomic E-state index is 12.4. The van der Waals surface area contributed by atoms with Crippen molar-refractivity contribution >= 4 is 29.3 Å². The number of aromatic nitrogens is 4. The van der Waals surface area contributed by atoms with Crippen molar-refractivity contribution in [3.8, 4) is 5.82 Å². The molecule has 0 unspecified atom stereocenters. The smallest absolute Gasteiger partial charge is 0.319 e. The van der Waals surface area contributed by atoms with E-state index in [1.807, 2.05) is 0 Å². The van der Waals surface area contributed by atoms with Crippen LogP contribution in [-0.2, 0) is 0 Å². The van der Waals surface area contributed by atoms with E-state index in [4.69, 9.17) is 11.6 Å². The lowest BCUT2D eigenvalue weighted by molar-refractivity contribution is 0.225. The Bertz CT molecular complexity index is 1060. The van der Waals surface area contributed by atoms with Crippen LogP contribution in [0.3, 0.4) is 0 Å². The predicted molar refractivity (Wildman–Crippen MR) is 127 cm³/mol. The van der Waals surface area contributed by atoms with E-state index in [1.54, 1.807) is 42.7 Å². The summed E-state index contributed by atoms with van der Waals surface area (Å²) < 4.78 is 1.50. The SMILES string of the molecule is CC(C)C[C@@H](CO)Nc1nccc(-n2cc(NC(=O)N[C@H](CO)c3cccc(Cl)c3)cn2)n1. The van der Waals surface area contributed by atoms with Crippen molar-refractivity contribution in [1.29, 1.82) is 0 Å². The highest BCUT2D eigenvalue weighted by atomic mass is 35.5. The molecule has 2 heterocycles. The molecule has 33 heavy (non-hydrogen) atoms. The fraction of sp³-hybridized carbons (Fsp3) is 0.364. The van der Waals surface area contributed by atoms with Gasteiger partial charge in [-0.3, -0.25) is 0 Å². The van der Waals surface area contributed by atoms with Crippen molar-refractivity contribution in [2.75, 3.05) is 23.8 Å². The number of urea groups is 1. The third-order valence-electron chi connectivity index (χ3n) is 4.76. The Morgan fingerprint density at radius 1 is 1.21 bits per heavy atom. The molecule has 2 aromatic heterocycles. The van der Waals surface area contributed by atoms with Gasteiger partial charge < -0.3 is 26.2 Å². The van der Waals surface area contributed by atoms with Gasteiger partial charge in [-0.1, -0.05) is 37.6 Å². The summed E-state index contributed by atoms with van der Waals surface area (Å²) in [6, 6.07) is 7.34. The Hall–Kier alpha value is -3.21. The number of anilines is 2. The van der Waals surface area contributed by atoms with Crippen LogP contribution in [0.25, 0.3) is 5.82 Å². The van der Waals surface area contributed by atoms with Crippen LogP contribution >= 0.6 is 11.6 Å². The van der Waals surface area contributed by atoms with E-state index >= 15 is 0 Å². The normalized spacial score (nSPS) is 12.9. The molecule has 1 aromatic carbocycles. The molecule has 0 saturated carbocycles. The number of rotatable bonds is 10. The maximum absolute atomic E-state index is 12.4. The standard InChI is InChI=1S/C22H28ClN7O3/c1-14(2)8-17(12-31)26-21-24-7-6-20(29-21)30-11-18(10-25-30)27-22(33)28-19(13-32)15-4-3-5-16(23)9-15/h3-7,9-11,14,17,19,31-32H,8,12-13H2,1-2H3,(H,24,26,29)(H2,27,28,33)/t17-,19+/m0/s1. The molecule has 2 atom stereocenters. The van der Waals surface area contributed by atoms with Gasteiger partial charge in [-0.15, -0.1) is 0 Å². The second-order valence-electron chi connectivity index (χ2n) is 7.95. The lowest BCUT2D eigenvalue weighted by atomic mass is 10.0. The number of nitrogens with zero attached hydrogens (tertiary/aromatic N) is 4. The molecule has 0 aliphatic rings. The molecule has 10 nitrogen and oxygen atoms in total. The second kappa shape index (κ2) is 11.6. The van der Waals surface area contributed by atoms with Gasteiger partial charge in [-0.05, 0) is 30.0 Å². The Kier molecular flexibility index (Phi) is 8.58. The number of carbonyl (C=O) groups is 1. The van der Waals surface area contributed by atoms with Gasteiger partial charge >= 0.3 is 6.03 Å². The summed E-state index contributed by atoms with van der Waals surface area (Å²) in [6.45, 7) is 3.84. The van der Waals surface area contributed by atoms with E-state index in [0.29, 0.717) is 34.0 Å². The monoisotopic (exact) mass is 473 g/mol. The van der Waals surface area contributed by atoms with Crippen LogP contribution in [0.4, 0.5) is 16.4 Å². The van der Waals surface area contributed by atoms with Crippen molar-refractivity contribution in [1.82, 2.24) is 25.1 Å². The first-order chi connectivity index (χ1) is 15.9. The van der Waals surface area contributed by atoms with E-state index in [-0.39, 0.29) is 19.3 Å². The molecule has 2 amide bonds. The Labute approximate surface area is 197 Å². The molecular formula is C22H28ClN7O3. The summed E-state index contributed by atoms with van der Waals surface area (Å²) in [5.41, 5.74) is 1.13. The summed E-state index contributed by atoms with van der Waals surface area (Å²) in [5, 5.41) is 32.5. The number of nitrogens with one attached hydrogen (secondary N) is 3. The van der Waals surface area contributed by atoms with Crippen LogP contribution in [0.1, 0.15) is 31.9 Å². The highest BCUT2D eigenvalue weighted by Crippen LogP contribution is 2.18. The van der Waals surface area contributed by atoms with Crippen LogP contribution in [0.15, 0.2) is 48.9 Å². The fourth-order valence-electron chi connectivity index (χ4n) is 3.27. The molecule has 0 spiro atoms. The van der Waals surface area contributed by atoms with Crippen molar-refractivity contribution in [2.24, 2.45) is 5.92 Å². The molecule has 0 aliphatic carbocycles. The summed E-state index contributed by atoms with van der Waals surface area (Å²) in [7, 11) is 0. The molecule has 0 saturated heterocycles. The first-order valence-corrected chi connectivity index (χ1v) is 10.9. The van der Waals surface area contributed by atoms with E-state index in [2.05, 4.69) is 44.9 Å². The fourth-order valence-corrected chi connectivity index (χ4v) is 3.47. The first-order valence-electron chi connectivity index (χ1n) is 10.6. The molecule has 0 bridgehead atoms. The molecule has 3 rings (SSSR count). The minimum absolute atomic E-state index is 0.0270. The van der Waals surface area contributed by atoms with Gasteiger partial charge in [0.2, 0.25) is 5.95 Å². The van der Waals surface area contributed by atoms with Crippen LogP contribution in [0, 0.1) is 5.92 Å². The largest absolute Gasteiger partial charge is 0.394 e. The van der Waals surface area contributed by atoms with E-state index < -0.39 is 12.1 Å². The first kappa shape index (κ1) is 24.4. The minimum atomic E-state index is -0.612. The highest BCUT2D eigenvalue weighted by molar-refractivity contribution is 6.30. The van der Waals surface area contributed by atoms with E-state index in [1.165, 1.54) is 10.9 Å². The predicted octanol–water partition coefficient (Wildman–Crippen LogP) is 2.99. The van der Waals surface area contributed by atoms with Gasteiger partial charge in [0.1, 0.15) is 0 Å². The third kappa shape index (κ3) is 7.14. The van der Waals surface area contributed by atoms with Crippen molar-refractivity contribution in [2.45, 2.75) is 32.4 Å². The van der Waals surface area contributed by atoms with Gasteiger partial charge in [0.15, 0.2) is 5.82 Å². The summed E-state index contributed by atoms with van der Waals surface area (Å²) >= 11 is 5.99. The van der Waals surface area contributed by atoms with Gasteiger partial charge in [0.25, 0.3) is 0 Å². The molecule has 0 radical (unpaired) electrons. The van der Waals surface area contributed by atoms with Crippen LogP contribution in [0.5, 0.6) is 0 Å². The molecule has 11 heteroatoms. The summed E-state index contributed by atoms with van der Waals surface area (Å²) in [6.07, 6.45) is 5.46. The number of aliphatic hydroxyl groups is 2. The van der Waals surface area contributed by atoms with Gasteiger partial charge in [-0.2, -0.15) is 10.1 Å². The Morgan fingerprint density at radius 3 is 2.73 bits per heavy atom. The van der Waals surface area contributed by atoms with E-state index in [0.717, 1.165) is 6.42 Å². The third-order valence-corrected chi connectivity index (χ3v) is 5.00. The lowest BCUT2D eigenvalue weighted by Gasteiger charge is -2.18. The van der Waals surface area contributed by atoms with Crippen molar-refractivity contribution < 1.29 is 15.0 Å². The van der Waals surface area contributed by atoms with Crippen LogP contribution < -0.4 is 16.0 Å². The van der Waals surface area contributed by atoms with Crippen molar-refractivity contribution in [3.05, 3.63) is 59.5 Å². The number of halogens is 1. The number of hydrogen-bond donors (Lipinski definition) is 5. The topological polar surface area (TPSA) is 137 Å². The maximum Gasteiger partial charge on any atom is 0.319 e. The minimum Gasteiger partial charge on any atom is -0.394 e. The number of aliphatic hydroxyl groups excluding tert-OH is 2. The lowest BCUT2D eigenvalue weighted by Crippen LogP contribution is -2.34.